The first-order valence-electron chi connectivity index (χ1n) is 9.60. The van der Waals surface area contributed by atoms with Gasteiger partial charge in [-0.25, -0.2) is 0 Å². The molecule has 1 saturated carbocycles. The summed E-state index contributed by atoms with van der Waals surface area (Å²) in [4.78, 5) is 0. The van der Waals surface area contributed by atoms with Crippen molar-refractivity contribution in [2.75, 3.05) is 7.11 Å². The summed E-state index contributed by atoms with van der Waals surface area (Å²) in [5.74, 6) is 1.64. The minimum atomic E-state index is 0.0842. The molecule has 2 nitrogen and oxygen atoms in total. The van der Waals surface area contributed by atoms with Crippen molar-refractivity contribution in [3.63, 3.8) is 0 Å². The average Bonchev–Trinajstić information content (AvgIpc) is 2.73. The second kappa shape index (κ2) is 7.55. The maximum Gasteiger partial charge on any atom is 0.304 e. The van der Waals surface area contributed by atoms with Gasteiger partial charge in [0.15, 0.2) is 0 Å². The zero-order valence-corrected chi connectivity index (χ0v) is 15.4. The summed E-state index contributed by atoms with van der Waals surface area (Å²) in [6, 6.07) is 19.3. The fourth-order valence-electron chi connectivity index (χ4n) is 4.22. The van der Waals surface area contributed by atoms with Gasteiger partial charge in [0.2, 0.25) is 0 Å². The van der Waals surface area contributed by atoms with Crippen LogP contribution < -0.4 is 10.2 Å². The predicted octanol–water partition coefficient (Wildman–Crippen LogP) is 4.53. The molecule has 3 aromatic rings. The molecule has 0 atom stereocenters. The van der Waals surface area contributed by atoms with Gasteiger partial charge in [-0.3, -0.25) is 0 Å². The molecule has 26 heavy (non-hydrogen) atoms. The number of benzene rings is 3. The van der Waals surface area contributed by atoms with Crippen molar-refractivity contribution in [1.29, 1.82) is 0 Å². The Labute approximate surface area is 156 Å². The number of rotatable bonds is 4. The third kappa shape index (κ3) is 3.36. The second-order valence-corrected chi connectivity index (χ2v) is 7.35. The normalized spacial score (nSPS) is 15.2. The van der Waals surface area contributed by atoms with E-state index in [-0.39, 0.29) is 7.48 Å². The molecule has 0 saturated heterocycles. The lowest BCUT2D eigenvalue weighted by Gasteiger charge is -2.24. The van der Waals surface area contributed by atoms with Crippen LogP contribution in [0.15, 0.2) is 54.6 Å². The summed E-state index contributed by atoms with van der Waals surface area (Å²) in [6.07, 6.45) is 6.53. The minimum Gasteiger partial charge on any atom is -0.496 e. The summed E-state index contributed by atoms with van der Waals surface area (Å²) < 4.78 is 5.66. The van der Waals surface area contributed by atoms with E-state index in [4.69, 9.17) is 4.74 Å². The molecule has 0 unspecified atom stereocenters. The molecule has 1 aliphatic carbocycles. The highest BCUT2D eigenvalue weighted by Crippen LogP contribution is 2.39. The van der Waals surface area contributed by atoms with Crippen LogP contribution in [-0.4, -0.2) is 19.6 Å². The van der Waals surface area contributed by atoms with Gasteiger partial charge in [0, 0.05) is 0 Å². The van der Waals surface area contributed by atoms with Crippen LogP contribution in [0.4, 0.5) is 0 Å². The number of ether oxygens (including phenoxy) is 1. The van der Waals surface area contributed by atoms with E-state index < -0.39 is 0 Å². The fourth-order valence-corrected chi connectivity index (χ4v) is 4.22. The molecule has 4 rings (SSSR count). The maximum atomic E-state index is 9.32. The van der Waals surface area contributed by atoms with E-state index in [1.54, 1.807) is 7.11 Å². The van der Waals surface area contributed by atoms with E-state index >= 15 is 0 Å². The largest absolute Gasteiger partial charge is 0.496 e. The molecule has 0 heterocycles. The molecule has 0 amide bonds. The van der Waals surface area contributed by atoms with Crippen molar-refractivity contribution >= 4 is 23.7 Å². The minimum absolute atomic E-state index is 0.0842. The van der Waals surface area contributed by atoms with Gasteiger partial charge in [-0.2, -0.15) is 0 Å². The molecule has 0 bridgehead atoms. The van der Waals surface area contributed by atoms with Crippen LogP contribution in [0.1, 0.15) is 43.6 Å². The molecule has 132 valence electrons. The number of hydrogen-bond acceptors (Lipinski definition) is 2. The lowest BCUT2D eigenvalue weighted by Crippen LogP contribution is -2.12. The summed E-state index contributed by atoms with van der Waals surface area (Å²) in [6.45, 7) is 0. The van der Waals surface area contributed by atoms with Crippen LogP contribution in [0.2, 0.25) is 0 Å². The smallest absolute Gasteiger partial charge is 0.304 e. The number of fused-ring (bicyclic) bond motifs is 1. The summed E-state index contributed by atoms with van der Waals surface area (Å²) in [7, 11) is 1.86. The van der Waals surface area contributed by atoms with Gasteiger partial charge in [0.1, 0.15) is 5.75 Å². The van der Waals surface area contributed by atoms with Crippen molar-refractivity contribution in [2.24, 2.45) is 0 Å². The molecular weight excluding hydrogens is 319 g/mol. The molecule has 3 heteroatoms. The Hall–Kier alpha value is -2.26. The van der Waals surface area contributed by atoms with Crippen LogP contribution in [-0.2, 0) is 0 Å². The van der Waals surface area contributed by atoms with E-state index in [0.29, 0.717) is 5.92 Å². The Kier molecular flexibility index (Phi) is 4.99. The summed E-state index contributed by atoms with van der Waals surface area (Å²) in [5, 5.41) is 11.7. The monoisotopic (exact) mass is 344 g/mol. The first-order valence-corrected chi connectivity index (χ1v) is 9.60. The third-order valence-electron chi connectivity index (χ3n) is 5.70. The highest BCUT2D eigenvalue weighted by molar-refractivity contribution is 6.46. The molecule has 1 fully saturated rings. The Bertz CT molecular complexity index is 913. The SMILES string of the molecule is COc1ccc(-c2ccc3cc(BO)ccc3c2)cc1C1CCCCC1. The first kappa shape index (κ1) is 17.2. The van der Waals surface area contributed by atoms with Gasteiger partial charge in [-0.05, 0) is 64.4 Å². The maximum absolute atomic E-state index is 9.32. The Balaban J connectivity index is 1.73. The van der Waals surface area contributed by atoms with E-state index in [2.05, 4.69) is 48.5 Å². The summed E-state index contributed by atoms with van der Waals surface area (Å²) >= 11 is 0. The quantitative estimate of drug-likeness (QED) is 0.705. The predicted molar refractivity (Wildman–Crippen MR) is 111 cm³/mol. The Morgan fingerprint density at radius 2 is 1.54 bits per heavy atom. The topological polar surface area (TPSA) is 29.5 Å². The third-order valence-corrected chi connectivity index (χ3v) is 5.70. The molecule has 3 aromatic carbocycles. The van der Waals surface area contributed by atoms with Gasteiger partial charge in [-0.15, -0.1) is 0 Å². The van der Waals surface area contributed by atoms with Gasteiger partial charge in [0.05, 0.1) is 7.11 Å². The van der Waals surface area contributed by atoms with E-state index in [9.17, 15) is 5.02 Å². The molecule has 0 radical (unpaired) electrons. The Morgan fingerprint density at radius 1 is 0.846 bits per heavy atom. The standard InChI is InChI=1S/C23H25BO2/c1-26-23-12-10-20(15-22(23)16-5-3-2-4-6-16)17-7-8-19-14-21(24-25)11-9-18(19)13-17/h7-16,24-25H,2-6H2,1H3. The van der Waals surface area contributed by atoms with Crippen molar-refractivity contribution in [1.82, 2.24) is 0 Å². The zero-order valence-electron chi connectivity index (χ0n) is 15.4. The summed E-state index contributed by atoms with van der Waals surface area (Å²) in [5.41, 5.74) is 4.79. The van der Waals surface area contributed by atoms with E-state index in [1.165, 1.54) is 59.6 Å². The van der Waals surface area contributed by atoms with Gasteiger partial charge in [-0.1, -0.05) is 61.1 Å². The number of hydrogen-bond donors (Lipinski definition) is 1. The van der Waals surface area contributed by atoms with Crippen molar-refractivity contribution < 1.29 is 9.76 Å². The highest BCUT2D eigenvalue weighted by atomic mass is 16.5. The van der Waals surface area contributed by atoms with Crippen molar-refractivity contribution in [3.8, 4) is 16.9 Å². The fraction of sp³-hybridized carbons (Fsp3) is 0.304. The molecular formula is C23H25BO2. The van der Waals surface area contributed by atoms with Gasteiger partial charge >= 0.3 is 7.48 Å². The molecule has 0 aliphatic heterocycles. The average molecular weight is 344 g/mol. The lowest BCUT2D eigenvalue weighted by atomic mass is 9.82. The van der Waals surface area contributed by atoms with Crippen LogP contribution in [0, 0.1) is 0 Å². The molecule has 1 aliphatic rings. The van der Waals surface area contributed by atoms with Crippen LogP contribution >= 0.6 is 0 Å². The van der Waals surface area contributed by atoms with Crippen LogP contribution in [0.25, 0.3) is 21.9 Å². The molecule has 0 spiro atoms. The highest BCUT2D eigenvalue weighted by Gasteiger charge is 2.19. The van der Waals surface area contributed by atoms with Crippen molar-refractivity contribution in [3.05, 3.63) is 60.2 Å². The molecule has 0 aromatic heterocycles. The first-order chi connectivity index (χ1) is 12.8. The van der Waals surface area contributed by atoms with E-state index in [0.717, 1.165) is 11.2 Å². The van der Waals surface area contributed by atoms with Gasteiger partial charge in [0.25, 0.3) is 0 Å². The molecule has 1 N–H and O–H groups in total. The van der Waals surface area contributed by atoms with Crippen LogP contribution in [0.3, 0.4) is 0 Å². The van der Waals surface area contributed by atoms with E-state index in [1.807, 2.05) is 6.07 Å². The zero-order chi connectivity index (χ0) is 17.9. The van der Waals surface area contributed by atoms with Gasteiger partial charge < -0.3 is 9.76 Å². The van der Waals surface area contributed by atoms with Crippen LogP contribution in [0.5, 0.6) is 5.75 Å². The second-order valence-electron chi connectivity index (χ2n) is 7.35. The number of methoxy groups -OCH3 is 1. The Morgan fingerprint density at radius 3 is 2.31 bits per heavy atom. The lowest BCUT2D eigenvalue weighted by molar-refractivity contribution is 0.387. The van der Waals surface area contributed by atoms with Crippen molar-refractivity contribution in [2.45, 2.75) is 38.0 Å².